The quantitative estimate of drug-likeness (QED) is 0.447. The van der Waals surface area contributed by atoms with E-state index >= 15 is 0 Å². The number of fused-ring (bicyclic) bond motifs is 1. The molecule has 0 amide bonds. The van der Waals surface area contributed by atoms with Gasteiger partial charge in [-0.25, -0.2) is 18.1 Å². The maximum Gasteiger partial charge on any atom is 0.336 e. The van der Waals surface area contributed by atoms with Gasteiger partial charge in [0, 0.05) is 23.1 Å². The molecular weight excluding hydrogens is 452 g/mol. The fourth-order valence-corrected chi connectivity index (χ4v) is 4.54. The van der Waals surface area contributed by atoms with E-state index in [1.165, 1.54) is 30.0 Å². The summed E-state index contributed by atoms with van der Waals surface area (Å²) in [6.07, 6.45) is 2.10. The molecule has 0 aliphatic heterocycles. The number of ether oxygens (including phenoxy) is 1. The number of hydrogen-bond acceptors (Lipinski definition) is 7. The number of halogens is 2. The first-order valence-electron chi connectivity index (χ1n) is 9.45. The highest BCUT2D eigenvalue weighted by atomic mass is 32.1. The van der Waals surface area contributed by atoms with E-state index in [1.54, 1.807) is 0 Å². The van der Waals surface area contributed by atoms with E-state index in [0.29, 0.717) is 10.4 Å². The summed E-state index contributed by atoms with van der Waals surface area (Å²) in [6.45, 7) is -0.0249. The van der Waals surface area contributed by atoms with E-state index in [-0.39, 0.29) is 40.2 Å². The third-order valence-corrected chi connectivity index (χ3v) is 6.04. The van der Waals surface area contributed by atoms with Crippen molar-refractivity contribution in [1.29, 1.82) is 10.5 Å². The van der Waals surface area contributed by atoms with Crippen LogP contribution >= 0.6 is 11.3 Å². The maximum atomic E-state index is 14.1. The molecule has 4 rings (SSSR count). The number of aryl methyl sites for hydroxylation is 1. The van der Waals surface area contributed by atoms with Crippen LogP contribution in [0.25, 0.3) is 26.3 Å². The summed E-state index contributed by atoms with van der Waals surface area (Å²) in [5, 5.41) is 18.5. The number of thiophene rings is 1. The summed E-state index contributed by atoms with van der Waals surface area (Å²) in [7, 11) is 1.28. The van der Waals surface area contributed by atoms with Gasteiger partial charge in [-0.2, -0.15) is 10.5 Å². The molecule has 3 heterocycles. The zero-order valence-corrected chi connectivity index (χ0v) is 17.8. The highest BCUT2D eigenvalue weighted by Gasteiger charge is 2.21. The van der Waals surface area contributed by atoms with Crippen molar-refractivity contribution in [1.82, 2.24) is 14.1 Å². The molecule has 0 bridgehead atoms. The minimum atomic E-state index is -0.767. The minimum Gasteiger partial charge on any atom is -0.494 e. The number of pyridine rings is 1. The molecule has 11 heteroatoms. The van der Waals surface area contributed by atoms with Crippen molar-refractivity contribution >= 4 is 21.6 Å². The topological polar surface area (TPSA) is 114 Å². The van der Waals surface area contributed by atoms with Crippen LogP contribution in [-0.4, -0.2) is 21.2 Å². The van der Waals surface area contributed by atoms with Crippen LogP contribution in [-0.2, 0) is 6.54 Å². The fourth-order valence-electron chi connectivity index (χ4n) is 3.41. The first-order chi connectivity index (χ1) is 15.9. The lowest BCUT2D eigenvalue weighted by molar-refractivity contribution is 0.386. The molecule has 0 spiro atoms. The smallest absolute Gasteiger partial charge is 0.336 e. The van der Waals surface area contributed by atoms with Crippen molar-refractivity contribution < 1.29 is 13.5 Å². The summed E-state index contributed by atoms with van der Waals surface area (Å²) >= 11 is 0.982. The van der Waals surface area contributed by atoms with Crippen LogP contribution in [0.4, 0.5) is 8.78 Å². The largest absolute Gasteiger partial charge is 0.494 e. The Labute approximate surface area is 188 Å². The Morgan fingerprint density at radius 1 is 1.15 bits per heavy atom. The van der Waals surface area contributed by atoms with Crippen LogP contribution in [0.2, 0.25) is 0 Å². The van der Waals surface area contributed by atoms with Crippen LogP contribution in [0.15, 0.2) is 46.2 Å². The molecule has 1 aromatic carbocycles. The Balaban J connectivity index is 2.07. The molecule has 164 valence electrons. The van der Waals surface area contributed by atoms with Crippen LogP contribution in [0, 0.1) is 34.3 Å². The van der Waals surface area contributed by atoms with Gasteiger partial charge in [-0.1, -0.05) is 0 Å². The van der Waals surface area contributed by atoms with E-state index < -0.39 is 22.9 Å². The Morgan fingerprint density at radius 3 is 2.61 bits per heavy atom. The van der Waals surface area contributed by atoms with Gasteiger partial charge in [-0.05, 0) is 18.2 Å². The molecule has 0 atom stereocenters. The Morgan fingerprint density at radius 2 is 1.94 bits per heavy atom. The zero-order valence-electron chi connectivity index (χ0n) is 17.0. The normalized spacial score (nSPS) is 10.7. The highest BCUT2D eigenvalue weighted by molar-refractivity contribution is 7.22. The van der Waals surface area contributed by atoms with Gasteiger partial charge in [0.1, 0.15) is 10.5 Å². The number of rotatable bonds is 5. The van der Waals surface area contributed by atoms with Crippen molar-refractivity contribution in [2.75, 3.05) is 7.11 Å². The highest BCUT2D eigenvalue weighted by Crippen LogP contribution is 2.36. The molecule has 0 fully saturated rings. The standard InChI is InChI=1S/C22H13F2N5O3S/c1-32-18-7-15(12(9-26)5-16(18)24)19-8-17-20(33-19)21(30)29(14-6-13(23)10-27-11-14)22(31)28(17)4-2-3-25/h5-8,10-11H,2,4H2,1H3. The zero-order chi connectivity index (χ0) is 23.7. The van der Waals surface area contributed by atoms with Crippen LogP contribution < -0.4 is 16.0 Å². The predicted molar refractivity (Wildman–Crippen MR) is 116 cm³/mol. The molecule has 0 radical (unpaired) electrons. The Bertz CT molecular complexity index is 1610. The molecule has 0 saturated carbocycles. The second kappa shape index (κ2) is 8.65. The molecule has 0 N–H and O–H groups in total. The fraction of sp³-hybridized carbons (Fsp3) is 0.136. The van der Waals surface area contributed by atoms with Gasteiger partial charge in [-0.15, -0.1) is 11.3 Å². The van der Waals surface area contributed by atoms with E-state index in [1.807, 2.05) is 12.1 Å². The summed E-state index contributed by atoms with van der Waals surface area (Å²) in [5.41, 5.74) is -0.965. The van der Waals surface area contributed by atoms with Crippen LogP contribution in [0.5, 0.6) is 5.75 Å². The third kappa shape index (κ3) is 3.75. The van der Waals surface area contributed by atoms with Crippen molar-refractivity contribution in [3.63, 3.8) is 0 Å². The second-order valence-electron chi connectivity index (χ2n) is 6.81. The lowest BCUT2D eigenvalue weighted by Crippen LogP contribution is -2.38. The van der Waals surface area contributed by atoms with Gasteiger partial charge in [0.15, 0.2) is 11.6 Å². The van der Waals surface area contributed by atoms with Crippen molar-refractivity contribution in [2.45, 2.75) is 13.0 Å². The van der Waals surface area contributed by atoms with Crippen LogP contribution in [0.1, 0.15) is 12.0 Å². The first kappa shape index (κ1) is 21.9. The lowest BCUT2D eigenvalue weighted by Gasteiger charge is -2.10. The number of aromatic nitrogens is 3. The summed E-state index contributed by atoms with van der Waals surface area (Å²) < 4.78 is 35.0. The summed E-state index contributed by atoms with van der Waals surface area (Å²) in [6, 6.07) is 8.76. The molecular formula is C22H13F2N5O3S. The molecule has 0 aliphatic rings. The van der Waals surface area contributed by atoms with Gasteiger partial charge < -0.3 is 4.74 Å². The number of nitrogens with zero attached hydrogens (tertiary/aromatic N) is 5. The SMILES string of the molecule is COc1cc(-c2cc3c(s2)c(=O)n(-c2cncc(F)c2)c(=O)n3CCC#N)c(C#N)cc1F. The van der Waals surface area contributed by atoms with Gasteiger partial charge >= 0.3 is 5.69 Å². The van der Waals surface area contributed by atoms with Crippen molar-refractivity contribution in [3.8, 4) is 34.0 Å². The second-order valence-corrected chi connectivity index (χ2v) is 7.87. The van der Waals surface area contributed by atoms with Crippen molar-refractivity contribution in [3.05, 3.63) is 74.7 Å². The summed E-state index contributed by atoms with van der Waals surface area (Å²) in [4.78, 5) is 30.6. The molecule has 0 saturated heterocycles. The van der Waals surface area contributed by atoms with Gasteiger partial charge in [0.2, 0.25) is 0 Å². The number of benzene rings is 1. The molecule has 33 heavy (non-hydrogen) atoms. The number of nitriles is 2. The Kier molecular flexibility index (Phi) is 5.73. The molecule has 3 aromatic heterocycles. The lowest BCUT2D eigenvalue weighted by atomic mass is 10.1. The molecule has 0 unspecified atom stereocenters. The first-order valence-corrected chi connectivity index (χ1v) is 10.3. The molecule has 8 nitrogen and oxygen atoms in total. The summed E-state index contributed by atoms with van der Waals surface area (Å²) in [5.74, 6) is -1.54. The average Bonchev–Trinajstić information content (AvgIpc) is 3.24. The third-order valence-electron chi connectivity index (χ3n) is 4.90. The molecule has 0 aliphatic carbocycles. The molecule has 4 aromatic rings. The van der Waals surface area contributed by atoms with E-state index in [9.17, 15) is 23.6 Å². The monoisotopic (exact) mass is 465 g/mol. The average molecular weight is 465 g/mol. The van der Waals surface area contributed by atoms with Gasteiger partial charge in [-0.3, -0.25) is 14.3 Å². The van der Waals surface area contributed by atoms with E-state index in [4.69, 9.17) is 10.00 Å². The minimum absolute atomic E-state index is 0.0143. The van der Waals surface area contributed by atoms with Crippen LogP contribution in [0.3, 0.4) is 0 Å². The van der Waals surface area contributed by atoms with E-state index in [0.717, 1.165) is 34.2 Å². The Hall–Kier alpha value is -4.35. The van der Waals surface area contributed by atoms with Gasteiger partial charge in [0.05, 0.1) is 54.8 Å². The van der Waals surface area contributed by atoms with Gasteiger partial charge in [0.25, 0.3) is 5.56 Å². The van der Waals surface area contributed by atoms with Crippen molar-refractivity contribution in [2.24, 2.45) is 0 Å². The predicted octanol–water partition coefficient (Wildman–Crippen LogP) is 3.35. The number of hydrogen-bond donors (Lipinski definition) is 0. The maximum absolute atomic E-state index is 14.1. The van der Waals surface area contributed by atoms with E-state index in [2.05, 4.69) is 4.98 Å². The number of methoxy groups -OCH3 is 1.